The maximum absolute atomic E-state index is 5.42. The fraction of sp³-hybridized carbons (Fsp3) is 0.267. The zero-order valence-electron chi connectivity index (χ0n) is 11.0. The van der Waals surface area contributed by atoms with Crippen molar-refractivity contribution < 1.29 is 0 Å². The monoisotopic (exact) mass is 256 g/mol. The molecule has 0 aliphatic heterocycles. The molecule has 0 bridgehead atoms. The smallest absolute Gasteiger partial charge is 0.0351 e. The van der Waals surface area contributed by atoms with Crippen LogP contribution in [0.1, 0.15) is 12.0 Å². The van der Waals surface area contributed by atoms with Crippen LogP contribution in [0.4, 0.5) is 0 Å². The molecule has 0 aliphatic rings. The summed E-state index contributed by atoms with van der Waals surface area (Å²) in [6.45, 7) is 2.42. The minimum atomic E-state index is 0.718. The summed E-state index contributed by atoms with van der Waals surface area (Å²) in [6, 6.07) is 12.6. The van der Waals surface area contributed by atoms with Gasteiger partial charge in [0.1, 0.15) is 0 Å². The van der Waals surface area contributed by atoms with Crippen LogP contribution in [0.2, 0.25) is 0 Å². The Labute approximate surface area is 114 Å². The van der Waals surface area contributed by atoms with E-state index >= 15 is 0 Å². The minimum Gasteiger partial charge on any atom is -0.330 e. The number of benzene rings is 1. The third kappa shape index (κ3) is 4.44. The molecule has 0 saturated heterocycles. The first-order valence-corrected chi connectivity index (χ1v) is 6.55. The molecule has 0 aliphatic carbocycles. The third-order valence-electron chi connectivity index (χ3n) is 2.89. The summed E-state index contributed by atoms with van der Waals surface area (Å²) < 4.78 is 0. The number of hydrogen-bond acceptors (Lipinski definition) is 4. The predicted octanol–water partition coefficient (Wildman–Crippen LogP) is 1.69. The summed E-state index contributed by atoms with van der Waals surface area (Å²) in [5.41, 5.74) is 15.4. The van der Waals surface area contributed by atoms with Crippen LogP contribution in [0.3, 0.4) is 0 Å². The van der Waals surface area contributed by atoms with Gasteiger partial charge in [-0.15, -0.1) is 0 Å². The highest BCUT2D eigenvalue weighted by Crippen LogP contribution is 2.18. The van der Waals surface area contributed by atoms with Gasteiger partial charge in [-0.2, -0.15) is 0 Å². The molecule has 1 aromatic carbocycles. The average molecular weight is 256 g/mol. The number of hydrazine groups is 1. The lowest BCUT2D eigenvalue weighted by molar-refractivity contribution is 0.522. The Morgan fingerprint density at radius 3 is 2.26 bits per heavy atom. The second kappa shape index (κ2) is 7.63. The van der Waals surface area contributed by atoms with Gasteiger partial charge >= 0.3 is 0 Å². The van der Waals surface area contributed by atoms with Crippen LogP contribution in [0.5, 0.6) is 0 Å². The Balaban J connectivity index is 1.85. The Bertz CT molecular complexity index is 467. The highest BCUT2D eigenvalue weighted by atomic mass is 15.3. The first kappa shape index (κ1) is 13.7. The number of pyridine rings is 1. The van der Waals surface area contributed by atoms with E-state index in [4.69, 9.17) is 5.73 Å². The van der Waals surface area contributed by atoms with E-state index in [0.717, 1.165) is 26.1 Å². The van der Waals surface area contributed by atoms with Crippen LogP contribution in [0.15, 0.2) is 48.8 Å². The highest BCUT2D eigenvalue weighted by Gasteiger charge is 1.97. The van der Waals surface area contributed by atoms with Gasteiger partial charge in [0.2, 0.25) is 0 Å². The summed E-state index contributed by atoms with van der Waals surface area (Å²) in [4.78, 5) is 4.03. The van der Waals surface area contributed by atoms with E-state index in [-0.39, 0.29) is 0 Å². The third-order valence-corrected chi connectivity index (χ3v) is 2.89. The largest absolute Gasteiger partial charge is 0.330 e. The summed E-state index contributed by atoms with van der Waals surface area (Å²) in [6.07, 6.45) is 4.60. The van der Waals surface area contributed by atoms with Gasteiger partial charge in [-0.05, 0) is 41.8 Å². The van der Waals surface area contributed by atoms with Gasteiger partial charge in [0.25, 0.3) is 0 Å². The van der Waals surface area contributed by atoms with Crippen molar-refractivity contribution in [3.8, 4) is 11.1 Å². The molecule has 4 heteroatoms. The minimum absolute atomic E-state index is 0.718. The normalized spacial score (nSPS) is 10.6. The second-order valence-electron chi connectivity index (χ2n) is 4.36. The molecule has 100 valence electrons. The maximum atomic E-state index is 5.42. The lowest BCUT2D eigenvalue weighted by Gasteiger charge is -2.07. The van der Waals surface area contributed by atoms with Crippen LogP contribution in [-0.2, 0) is 6.54 Å². The average Bonchev–Trinajstić information content (AvgIpc) is 2.49. The molecule has 0 spiro atoms. The first-order chi connectivity index (χ1) is 9.40. The summed E-state index contributed by atoms with van der Waals surface area (Å²) in [5, 5.41) is 0. The van der Waals surface area contributed by atoms with E-state index in [1.165, 1.54) is 16.7 Å². The lowest BCUT2D eigenvalue weighted by atomic mass is 10.1. The Morgan fingerprint density at radius 1 is 0.895 bits per heavy atom. The molecule has 1 aromatic heterocycles. The van der Waals surface area contributed by atoms with Gasteiger partial charge < -0.3 is 5.73 Å². The Morgan fingerprint density at radius 2 is 1.58 bits per heavy atom. The molecule has 19 heavy (non-hydrogen) atoms. The first-order valence-electron chi connectivity index (χ1n) is 6.55. The molecule has 4 nitrogen and oxygen atoms in total. The van der Waals surface area contributed by atoms with Crippen LogP contribution in [0.25, 0.3) is 11.1 Å². The zero-order chi connectivity index (χ0) is 13.3. The number of nitrogens with one attached hydrogen (secondary N) is 2. The van der Waals surface area contributed by atoms with E-state index in [0.29, 0.717) is 0 Å². The van der Waals surface area contributed by atoms with Gasteiger partial charge in [-0.1, -0.05) is 24.3 Å². The van der Waals surface area contributed by atoms with E-state index < -0.39 is 0 Å². The number of nitrogens with zero attached hydrogens (tertiary/aromatic N) is 1. The summed E-state index contributed by atoms with van der Waals surface area (Å²) in [5.74, 6) is 0. The van der Waals surface area contributed by atoms with Crippen molar-refractivity contribution in [3.05, 3.63) is 54.4 Å². The highest BCUT2D eigenvalue weighted by molar-refractivity contribution is 5.62. The number of nitrogens with two attached hydrogens (primary N) is 1. The van der Waals surface area contributed by atoms with Crippen LogP contribution >= 0.6 is 0 Å². The Hall–Kier alpha value is -1.75. The number of aromatic nitrogens is 1. The van der Waals surface area contributed by atoms with Gasteiger partial charge in [-0.3, -0.25) is 15.8 Å². The number of rotatable bonds is 7. The molecule has 0 unspecified atom stereocenters. The quantitative estimate of drug-likeness (QED) is 0.521. The zero-order valence-corrected chi connectivity index (χ0v) is 11.0. The summed E-state index contributed by atoms with van der Waals surface area (Å²) >= 11 is 0. The molecule has 1 heterocycles. The van der Waals surface area contributed by atoms with Crippen molar-refractivity contribution >= 4 is 0 Å². The van der Waals surface area contributed by atoms with Crippen molar-refractivity contribution in [2.75, 3.05) is 13.1 Å². The van der Waals surface area contributed by atoms with Crippen molar-refractivity contribution in [1.29, 1.82) is 0 Å². The summed E-state index contributed by atoms with van der Waals surface area (Å²) in [7, 11) is 0. The SMILES string of the molecule is NCCCNNCc1ccc(-c2ccncc2)cc1. The Kier molecular flexibility index (Phi) is 5.49. The molecule has 2 aromatic rings. The molecule has 4 N–H and O–H groups in total. The molecule has 2 rings (SSSR count). The van der Waals surface area contributed by atoms with Gasteiger partial charge in [0, 0.05) is 25.5 Å². The fourth-order valence-corrected chi connectivity index (χ4v) is 1.80. The van der Waals surface area contributed by atoms with Crippen LogP contribution < -0.4 is 16.6 Å². The van der Waals surface area contributed by atoms with Crippen LogP contribution in [0, 0.1) is 0 Å². The van der Waals surface area contributed by atoms with Crippen molar-refractivity contribution in [2.24, 2.45) is 5.73 Å². The van der Waals surface area contributed by atoms with E-state index in [9.17, 15) is 0 Å². The topological polar surface area (TPSA) is 63.0 Å². The van der Waals surface area contributed by atoms with E-state index in [1.54, 1.807) is 0 Å². The van der Waals surface area contributed by atoms with Gasteiger partial charge in [0.15, 0.2) is 0 Å². The van der Waals surface area contributed by atoms with E-state index in [1.807, 2.05) is 24.5 Å². The van der Waals surface area contributed by atoms with Crippen LogP contribution in [-0.4, -0.2) is 18.1 Å². The van der Waals surface area contributed by atoms with Crippen molar-refractivity contribution in [1.82, 2.24) is 15.8 Å². The molecular formula is C15H20N4. The van der Waals surface area contributed by atoms with E-state index in [2.05, 4.69) is 40.1 Å². The van der Waals surface area contributed by atoms with Gasteiger partial charge in [-0.25, -0.2) is 0 Å². The lowest BCUT2D eigenvalue weighted by Crippen LogP contribution is -2.32. The van der Waals surface area contributed by atoms with Crippen molar-refractivity contribution in [3.63, 3.8) is 0 Å². The predicted molar refractivity (Wildman–Crippen MR) is 78.2 cm³/mol. The fourth-order valence-electron chi connectivity index (χ4n) is 1.80. The molecule has 0 fully saturated rings. The van der Waals surface area contributed by atoms with Gasteiger partial charge in [0.05, 0.1) is 0 Å². The molecule has 0 radical (unpaired) electrons. The molecular weight excluding hydrogens is 236 g/mol. The second-order valence-corrected chi connectivity index (χ2v) is 4.36. The standard InChI is InChI=1S/C15H20N4/c16-8-1-9-18-19-12-13-2-4-14(5-3-13)15-6-10-17-11-7-15/h2-7,10-11,18-19H,1,8-9,12,16H2. The number of hydrogen-bond donors (Lipinski definition) is 3. The molecule has 0 saturated carbocycles. The molecule has 0 amide bonds. The van der Waals surface area contributed by atoms with Crippen molar-refractivity contribution in [2.45, 2.75) is 13.0 Å². The maximum Gasteiger partial charge on any atom is 0.0351 e. The molecule has 0 atom stereocenters.